The minimum Gasteiger partial charge on any atom is -0.311 e. The van der Waals surface area contributed by atoms with Gasteiger partial charge in [0.15, 0.2) is 0 Å². The third kappa shape index (κ3) is 3.79. The molecule has 0 radical (unpaired) electrons. The average Bonchev–Trinajstić information content (AvgIpc) is 3.19. The minimum absolute atomic E-state index is 0.791. The van der Waals surface area contributed by atoms with Crippen LogP contribution in [0.15, 0.2) is 61.1 Å². The fourth-order valence-corrected chi connectivity index (χ4v) is 2.20. The van der Waals surface area contributed by atoms with Crippen LogP contribution in [0.5, 0.6) is 0 Å². The number of rotatable bonds is 7. The van der Waals surface area contributed by atoms with Gasteiger partial charge >= 0.3 is 0 Å². The molecule has 0 fully saturated rings. The topological polar surface area (TPSA) is 47.7 Å². The summed E-state index contributed by atoms with van der Waals surface area (Å²) in [5, 5.41) is 12.2. The van der Waals surface area contributed by atoms with Gasteiger partial charge < -0.3 is 5.32 Å². The highest BCUT2D eigenvalue weighted by molar-refractivity contribution is 5.30. The Balaban J connectivity index is 1.43. The van der Waals surface area contributed by atoms with E-state index in [1.54, 1.807) is 0 Å². The summed E-state index contributed by atoms with van der Waals surface area (Å²) in [6, 6.07) is 14.1. The van der Waals surface area contributed by atoms with Crippen molar-refractivity contribution in [3.05, 3.63) is 66.7 Å². The van der Waals surface area contributed by atoms with Gasteiger partial charge in [-0.15, -0.1) is 0 Å². The number of aryl methyl sites for hydroxylation is 1. The number of nitrogens with zero attached hydrogens (tertiary/aromatic N) is 4. The van der Waals surface area contributed by atoms with Crippen molar-refractivity contribution < 1.29 is 0 Å². The SMILES string of the molecule is c1ccc(-n2ccc(CNCCCn3cccn3)n2)cc1. The van der Waals surface area contributed by atoms with Crippen molar-refractivity contribution in [2.75, 3.05) is 6.54 Å². The van der Waals surface area contributed by atoms with Crippen LogP contribution in [0.4, 0.5) is 0 Å². The highest BCUT2D eigenvalue weighted by Gasteiger charge is 2.00. The zero-order chi connectivity index (χ0) is 14.3. The van der Waals surface area contributed by atoms with Gasteiger partial charge in [-0.05, 0) is 37.2 Å². The van der Waals surface area contributed by atoms with E-state index in [2.05, 4.69) is 15.5 Å². The Morgan fingerprint density at radius 1 is 1.00 bits per heavy atom. The van der Waals surface area contributed by atoms with Crippen LogP contribution in [0, 0.1) is 0 Å². The fraction of sp³-hybridized carbons (Fsp3) is 0.250. The molecule has 0 aliphatic carbocycles. The van der Waals surface area contributed by atoms with Gasteiger partial charge in [0.2, 0.25) is 0 Å². The van der Waals surface area contributed by atoms with Crippen molar-refractivity contribution in [1.82, 2.24) is 24.9 Å². The van der Waals surface area contributed by atoms with Crippen molar-refractivity contribution in [2.45, 2.75) is 19.5 Å². The molecule has 0 saturated carbocycles. The molecule has 0 atom stereocenters. The molecule has 0 aliphatic rings. The molecule has 3 rings (SSSR count). The Morgan fingerprint density at radius 2 is 1.90 bits per heavy atom. The molecule has 0 bridgehead atoms. The van der Waals surface area contributed by atoms with Gasteiger partial charge in [-0.1, -0.05) is 18.2 Å². The molecule has 0 aliphatic heterocycles. The Kier molecular flexibility index (Phi) is 4.43. The molecule has 0 spiro atoms. The Hall–Kier alpha value is -2.40. The monoisotopic (exact) mass is 281 g/mol. The summed E-state index contributed by atoms with van der Waals surface area (Å²) in [5.41, 5.74) is 2.14. The third-order valence-corrected chi connectivity index (χ3v) is 3.27. The maximum Gasteiger partial charge on any atom is 0.0766 e. The Bertz CT molecular complexity index is 642. The first-order valence-electron chi connectivity index (χ1n) is 7.20. The van der Waals surface area contributed by atoms with Crippen LogP contribution in [0.3, 0.4) is 0 Å². The predicted octanol–water partition coefficient (Wildman–Crippen LogP) is 2.25. The molecule has 5 heteroatoms. The summed E-state index contributed by atoms with van der Waals surface area (Å²) in [6.07, 6.45) is 6.85. The second-order valence-electron chi connectivity index (χ2n) is 4.89. The average molecular weight is 281 g/mol. The predicted molar refractivity (Wildman–Crippen MR) is 82.1 cm³/mol. The van der Waals surface area contributed by atoms with Gasteiger partial charge in [-0.3, -0.25) is 4.68 Å². The number of hydrogen-bond donors (Lipinski definition) is 1. The maximum atomic E-state index is 4.56. The van der Waals surface area contributed by atoms with Crippen LogP contribution in [0.25, 0.3) is 5.69 Å². The quantitative estimate of drug-likeness (QED) is 0.676. The van der Waals surface area contributed by atoms with Crippen molar-refractivity contribution in [2.24, 2.45) is 0 Å². The maximum absolute atomic E-state index is 4.56. The van der Waals surface area contributed by atoms with E-state index in [-0.39, 0.29) is 0 Å². The van der Waals surface area contributed by atoms with E-state index in [4.69, 9.17) is 0 Å². The first kappa shape index (κ1) is 13.6. The van der Waals surface area contributed by atoms with E-state index in [0.29, 0.717) is 0 Å². The summed E-state index contributed by atoms with van der Waals surface area (Å²) < 4.78 is 3.85. The Labute approximate surface area is 124 Å². The molecule has 2 heterocycles. The molecular weight excluding hydrogens is 262 g/mol. The molecular formula is C16H19N5. The number of hydrogen-bond acceptors (Lipinski definition) is 3. The lowest BCUT2D eigenvalue weighted by Crippen LogP contribution is -2.17. The van der Waals surface area contributed by atoms with Crippen molar-refractivity contribution in [3.63, 3.8) is 0 Å². The van der Waals surface area contributed by atoms with Crippen LogP contribution in [0.1, 0.15) is 12.1 Å². The molecule has 0 amide bonds. The van der Waals surface area contributed by atoms with Gasteiger partial charge in [0.05, 0.1) is 11.4 Å². The molecule has 3 aromatic rings. The molecule has 0 unspecified atom stereocenters. The van der Waals surface area contributed by atoms with Gasteiger partial charge in [0, 0.05) is 31.7 Å². The molecule has 1 aromatic carbocycles. The van der Waals surface area contributed by atoms with E-state index >= 15 is 0 Å². The fourth-order valence-electron chi connectivity index (χ4n) is 2.20. The highest BCUT2D eigenvalue weighted by Crippen LogP contribution is 2.06. The molecule has 0 saturated heterocycles. The van der Waals surface area contributed by atoms with Crippen LogP contribution < -0.4 is 5.32 Å². The molecule has 1 N–H and O–H groups in total. The standard InChI is InChI=1S/C16H19N5/c1-2-6-16(7-3-1)21-13-8-15(19-21)14-17-9-4-11-20-12-5-10-18-20/h1-3,5-8,10,12-13,17H,4,9,11,14H2. The summed E-state index contributed by atoms with van der Waals surface area (Å²) in [7, 11) is 0. The zero-order valence-corrected chi connectivity index (χ0v) is 11.9. The van der Waals surface area contributed by atoms with E-state index in [1.165, 1.54) is 0 Å². The second-order valence-corrected chi connectivity index (χ2v) is 4.89. The summed E-state index contributed by atoms with van der Waals surface area (Å²) >= 11 is 0. The number of aromatic nitrogens is 4. The van der Waals surface area contributed by atoms with Crippen LogP contribution in [-0.4, -0.2) is 26.1 Å². The number of benzene rings is 1. The first-order chi connectivity index (χ1) is 10.4. The smallest absolute Gasteiger partial charge is 0.0766 e. The zero-order valence-electron chi connectivity index (χ0n) is 11.9. The summed E-state index contributed by atoms with van der Waals surface area (Å²) in [4.78, 5) is 0. The highest BCUT2D eigenvalue weighted by atomic mass is 15.3. The molecule has 21 heavy (non-hydrogen) atoms. The minimum atomic E-state index is 0.791. The number of para-hydroxylation sites is 1. The van der Waals surface area contributed by atoms with Gasteiger partial charge in [0.1, 0.15) is 0 Å². The summed E-state index contributed by atoms with van der Waals surface area (Å²) in [6.45, 7) is 2.69. The normalized spacial score (nSPS) is 10.9. The van der Waals surface area contributed by atoms with Gasteiger partial charge in [-0.25, -0.2) is 4.68 Å². The molecule has 108 valence electrons. The van der Waals surface area contributed by atoms with E-state index < -0.39 is 0 Å². The Morgan fingerprint density at radius 3 is 2.71 bits per heavy atom. The molecule has 2 aromatic heterocycles. The number of nitrogens with one attached hydrogen (secondary N) is 1. The molecule has 5 nitrogen and oxygen atoms in total. The second kappa shape index (κ2) is 6.85. The van der Waals surface area contributed by atoms with Crippen molar-refractivity contribution in [3.8, 4) is 5.69 Å². The lowest BCUT2D eigenvalue weighted by molar-refractivity contribution is 0.540. The third-order valence-electron chi connectivity index (χ3n) is 3.27. The van der Waals surface area contributed by atoms with Crippen molar-refractivity contribution in [1.29, 1.82) is 0 Å². The summed E-state index contributed by atoms with van der Waals surface area (Å²) in [5.74, 6) is 0. The first-order valence-corrected chi connectivity index (χ1v) is 7.20. The van der Waals surface area contributed by atoms with Crippen LogP contribution >= 0.6 is 0 Å². The lowest BCUT2D eigenvalue weighted by atomic mass is 10.3. The van der Waals surface area contributed by atoms with E-state index in [0.717, 1.165) is 37.4 Å². The lowest BCUT2D eigenvalue weighted by Gasteiger charge is -2.03. The van der Waals surface area contributed by atoms with Crippen molar-refractivity contribution >= 4 is 0 Å². The van der Waals surface area contributed by atoms with Gasteiger partial charge in [0.25, 0.3) is 0 Å². The van der Waals surface area contributed by atoms with Crippen LogP contribution in [-0.2, 0) is 13.1 Å². The van der Waals surface area contributed by atoms with E-state index in [1.807, 2.05) is 70.4 Å². The van der Waals surface area contributed by atoms with Gasteiger partial charge in [-0.2, -0.15) is 10.2 Å². The van der Waals surface area contributed by atoms with Crippen LogP contribution in [0.2, 0.25) is 0 Å². The largest absolute Gasteiger partial charge is 0.311 e. The van der Waals surface area contributed by atoms with E-state index in [9.17, 15) is 0 Å².